The van der Waals surface area contributed by atoms with Crippen molar-refractivity contribution >= 4 is 16.0 Å². The van der Waals surface area contributed by atoms with Crippen molar-refractivity contribution in [3.63, 3.8) is 0 Å². The van der Waals surface area contributed by atoms with Gasteiger partial charge in [-0.3, -0.25) is 0 Å². The number of carbonyl (C=O) groups is 1. The van der Waals surface area contributed by atoms with Crippen molar-refractivity contribution < 1.29 is 27.1 Å². The fourth-order valence-corrected chi connectivity index (χ4v) is 5.92. The number of sulfonamides is 1. The van der Waals surface area contributed by atoms with E-state index in [0.29, 0.717) is 42.1 Å². The van der Waals surface area contributed by atoms with E-state index in [4.69, 9.17) is 13.9 Å². The summed E-state index contributed by atoms with van der Waals surface area (Å²) in [5.41, 5.74) is 0.934. The first-order valence-electron chi connectivity index (χ1n) is 11.5. The summed E-state index contributed by atoms with van der Waals surface area (Å²) < 4.78 is 43.9. The van der Waals surface area contributed by atoms with E-state index in [-0.39, 0.29) is 16.3 Å². The zero-order valence-electron chi connectivity index (χ0n) is 20.2. The second-order valence-corrected chi connectivity index (χ2v) is 11.0. The molecule has 186 valence electrons. The summed E-state index contributed by atoms with van der Waals surface area (Å²) in [6.07, 6.45) is 0.220. The van der Waals surface area contributed by atoms with Crippen molar-refractivity contribution in [3.8, 4) is 17.2 Å². The van der Waals surface area contributed by atoms with Gasteiger partial charge in [-0.25, -0.2) is 13.2 Å². The maximum absolute atomic E-state index is 13.1. The predicted octanol–water partition coefficient (Wildman–Crippen LogP) is 4.33. The normalized spacial score (nSPS) is 19.8. The maximum atomic E-state index is 13.1. The van der Waals surface area contributed by atoms with Crippen LogP contribution in [0.5, 0.6) is 5.75 Å². The van der Waals surface area contributed by atoms with Gasteiger partial charge in [-0.1, -0.05) is 13.8 Å². The highest BCUT2D eigenvalue weighted by Crippen LogP contribution is 2.28. The van der Waals surface area contributed by atoms with Crippen LogP contribution in [0.15, 0.2) is 57.8 Å². The third-order valence-corrected chi connectivity index (χ3v) is 7.82. The molecule has 4 rings (SSSR count). The smallest absolute Gasteiger partial charge is 0.338 e. The van der Waals surface area contributed by atoms with Crippen LogP contribution in [-0.2, 0) is 14.8 Å². The average Bonchev–Trinajstić information content (AvgIpc) is 3.34. The fraction of sp³-hybridized carbons (Fsp3) is 0.400. The van der Waals surface area contributed by atoms with Gasteiger partial charge in [-0.2, -0.15) is 4.31 Å². The first-order valence-corrected chi connectivity index (χ1v) is 12.9. The number of carbonyl (C=O) groups excluding carboxylic acids is 1. The van der Waals surface area contributed by atoms with Gasteiger partial charge in [-0.15, -0.1) is 10.2 Å². The van der Waals surface area contributed by atoms with Gasteiger partial charge < -0.3 is 13.9 Å². The summed E-state index contributed by atoms with van der Waals surface area (Å²) in [6.45, 7) is 6.73. The topological polar surface area (TPSA) is 112 Å². The Kier molecular flexibility index (Phi) is 7.23. The van der Waals surface area contributed by atoms with Gasteiger partial charge in [0.2, 0.25) is 15.9 Å². The highest BCUT2D eigenvalue weighted by molar-refractivity contribution is 7.89. The maximum Gasteiger partial charge on any atom is 0.338 e. The Morgan fingerprint density at radius 1 is 1.03 bits per heavy atom. The minimum Gasteiger partial charge on any atom is -0.497 e. The first kappa shape index (κ1) is 24.9. The van der Waals surface area contributed by atoms with E-state index in [1.165, 1.54) is 28.6 Å². The van der Waals surface area contributed by atoms with Crippen LogP contribution in [0.25, 0.3) is 11.5 Å². The predicted molar refractivity (Wildman–Crippen MR) is 128 cm³/mol. The van der Waals surface area contributed by atoms with Crippen molar-refractivity contribution in [1.82, 2.24) is 14.5 Å². The average molecular weight is 500 g/mol. The molecule has 1 aromatic heterocycles. The Bertz CT molecular complexity index is 1260. The summed E-state index contributed by atoms with van der Waals surface area (Å²) in [4.78, 5) is 12.8. The number of methoxy groups -OCH3 is 1. The molecule has 9 nitrogen and oxygen atoms in total. The summed E-state index contributed by atoms with van der Waals surface area (Å²) >= 11 is 0. The molecule has 3 atom stereocenters. The molecule has 0 aliphatic carbocycles. The van der Waals surface area contributed by atoms with E-state index in [1.54, 1.807) is 38.3 Å². The number of hydrogen-bond donors (Lipinski definition) is 0. The van der Waals surface area contributed by atoms with E-state index in [9.17, 15) is 13.2 Å². The van der Waals surface area contributed by atoms with E-state index in [0.717, 1.165) is 6.42 Å². The van der Waals surface area contributed by atoms with Crippen molar-refractivity contribution in [2.45, 2.75) is 38.2 Å². The minimum absolute atomic E-state index is 0.150. The van der Waals surface area contributed by atoms with Gasteiger partial charge in [0.1, 0.15) is 5.75 Å². The molecule has 1 aliphatic rings. The van der Waals surface area contributed by atoms with E-state index in [1.807, 2.05) is 0 Å². The number of aromatic nitrogens is 2. The molecule has 10 heteroatoms. The molecule has 3 aromatic rings. The highest BCUT2D eigenvalue weighted by Gasteiger charge is 2.31. The lowest BCUT2D eigenvalue weighted by atomic mass is 9.94. The zero-order chi connectivity index (χ0) is 25.2. The lowest BCUT2D eigenvalue weighted by molar-refractivity contribution is 0.0279. The van der Waals surface area contributed by atoms with Gasteiger partial charge in [0, 0.05) is 18.7 Å². The van der Waals surface area contributed by atoms with Crippen LogP contribution in [0.4, 0.5) is 0 Å². The SMILES string of the molecule is COc1ccc(-c2nnc([C@H](C)OC(=O)c3ccc(S(=O)(=O)N4C[C@@H](C)C[C@H](C)C4)cc3)o2)cc1. The van der Waals surface area contributed by atoms with Crippen LogP contribution >= 0.6 is 0 Å². The monoisotopic (exact) mass is 499 g/mol. The van der Waals surface area contributed by atoms with Crippen LogP contribution in [0.3, 0.4) is 0 Å². The molecule has 1 aliphatic heterocycles. The Balaban J connectivity index is 1.41. The highest BCUT2D eigenvalue weighted by atomic mass is 32.2. The minimum atomic E-state index is -3.62. The van der Waals surface area contributed by atoms with Gasteiger partial charge in [0.15, 0.2) is 6.10 Å². The summed E-state index contributed by atoms with van der Waals surface area (Å²) in [5.74, 6) is 1.14. The van der Waals surface area contributed by atoms with E-state index < -0.39 is 22.1 Å². The molecule has 0 saturated carbocycles. The third-order valence-electron chi connectivity index (χ3n) is 5.97. The van der Waals surface area contributed by atoms with Crippen LogP contribution in [0.2, 0.25) is 0 Å². The number of nitrogens with zero attached hydrogens (tertiary/aromatic N) is 3. The molecular weight excluding hydrogens is 470 g/mol. The van der Waals surface area contributed by atoms with Gasteiger partial charge >= 0.3 is 5.97 Å². The second-order valence-electron chi connectivity index (χ2n) is 9.01. The standard InChI is InChI=1S/C25H29N3O6S/c1-16-13-17(2)15-28(14-16)35(30,31)22-11-7-20(8-12-22)25(29)33-18(3)23-26-27-24(34-23)19-5-9-21(32-4)10-6-19/h5-12,16-18H,13-15H2,1-4H3/t16-,17-,18-/m0/s1. The zero-order valence-corrected chi connectivity index (χ0v) is 21.0. The molecule has 0 unspecified atom stereocenters. The quantitative estimate of drug-likeness (QED) is 0.442. The molecule has 2 aromatic carbocycles. The number of benzene rings is 2. The van der Waals surface area contributed by atoms with Gasteiger partial charge in [-0.05, 0) is 73.7 Å². The first-order chi connectivity index (χ1) is 16.7. The molecule has 0 amide bonds. The van der Waals surface area contributed by atoms with Crippen LogP contribution in [-0.4, -0.2) is 49.1 Å². The molecule has 0 bridgehead atoms. The molecular formula is C25H29N3O6S. The lowest BCUT2D eigenvalue weighted by Crippen LogP contribution is -2.42. The Morgan fingerprint density at radius 2 is 1.66 bits per heavy atom. The van der Waals surface area contributed by atoms with Crippen LogP contribution < -0.4 is 4.74 Å². The molecule has 0 N–H and O–H groups in total. The van der Waals surface area contributed by atoms with Crippen molar-refractivity contribution in [1.29, 1.82) is 0 Å². The Morgan fingerprint density at radius 3 is 2.26 bits per heavy atom. The van der Waals surface area contributed by atoms with Crippen LogP contribution in [0, 0.1) is 11.8 Å². The molecule has 2 heterocycles. The number of ether oxygens (including phenoxy) is 2. The number of rotatable bonds is 7. The number of esters is 1. The Labute approximate surface area is 205 Å². The van der Waals surface area contributed by atoms with E-state index in [2.05, 4.69) is 24.0 Å². The molecule has 35 heavy (non-hydrogen) atoms. The molecule has 1 fully saturated rings. The Hall–Kier alpha value is -3.24. The second kappa shape index (κ2) is 10.2. The summed E-state index contributed by atoms with van der Waals surface area (Å²) in [6, 6.07) is 12.9. The third kappa shape index (κ3) is 5.54. The van der Waals surface area contributed by atoms with Crippen molar-refractivity contribution in [2.24, 2.45) is 11.8 Å². The van der Waals surface area contributed by atoms with Crippen LogP contribution in [0.1, 0.15) is 49.5 Å². The van der Waals surface area contributed by atoms with Gasteiger partial charge in [0.05, 0.1) is 17.6 Å². The largest absolute Gasteiger partial charge is 0.497 e. The summed E-state index contributed by atoms with van der Waals surface area (Å²) in [5, 5.41) is 8.00. The molecule has 0 spiro atoms. The van der Waals surface area contributed by atoms with Gasteiger partial charge in [0.25, 0.3) is 5.89 Å². The molecule has 0 radical (unpaired) electrons. The summed E-state index contributed by atoms with van der Waals surface area (Å²) in [7, 11) is -2.04. The fourth-order valence-electron chi connectivity index (χ4n) is 4.24. The van der Waals surface area contributed by atoms with E-state index >= 15 is 0 Å². The van der Waals surface area contributed by atoms with Crippen molar-refractivity contribution in [3.05, 3.63) is 60.0 Å². The molecule has 1 saturated heterocycles. The lowest BCUT2D eigenvalue weighted by Gasteiger charge is -2.34. The number of hydrogen-bond acceptors (Lipinski definition) is 8. The van der Waals surface area contributed by atoms with Crippen molar-refractivity contribution in [2.75, 3.05) is 20.2 Å². The number of piperidine rings is 1.